The van der Waals surface area contributed by atoms with Gasteiger partial charge in [0.25, 0.3) is 5.91 Å². The molecule has 0 saturated heterocycles. The largest absolute Gasteiger partial charge is 0.465 e. The van der Waals surface area contributed by atoms with Crippen molar-refractivity contribution in [1.82, 2.24) is 4.57 Å². The van der Waals surface area contributed by atoms with E-state index in [-0.39, 0.29) is 12.5 Å². The van der Waals surface area contributed by atoms with Gasteiger partial charge >= 0.3 is 5.97 Å². The fourth-order valence-corrected chi connectivity index (χ4v) is 3.92. The Hall–Kier alpha value is -2.93. The number of aromatic nitrogens is 2. The normalized spacial score (nSPS) is 10.7. The van der Waals surface area contributed by atoms with Gasteiger partial charge in [-0.25, -0.2) is 13.9 Å². The molecule has 134 valence electrons. The molecule has 26 heavy (non-hydrogen) atoms. The van der Waals surface area contributed by atoms with Gasteiger partial charge in [-0.3, -0.25) is 4.79 Å². The highest BCUT2D eigenvalue weighted by Gasteiger charge is 2.23. The van der Waals surface area contributed by atoms with Gasteiger partial charge in [0.15, 0.2) is 17.6 Å². The summed E-state index contributed by atoms with van der Waals surface area (Å²) in [7, 11) is 1.33. The van der Waals surface area contributed by atoms with Crippen LogP contribution >= 0.6 is 11.3 Å². The number of benzene rings is 1. The van der Waals surface area contributed by atoms with Gasteiger partial charge in [-0.1, -0.05) is 18.7 Å². The number of fused-ring (bicyclic) bond motifs is 1. The molecule has 1 aromatic carbocycles. The quantitative estimate of drug-likeness (QED) is 0.554. The van der Waals surface area contributed by atoms with Gasteiger partial charge < -0.3 is 10.1 Å². The summed E-state index contributed by atoms with van der Waals surface area (Å²) in [5.41, 5.74) is 3.14. The maximum absolute atomic E-state index is 12.6. The molecule has 0 radical (unpaired) electrons. The molecule has 3 aromatic rings. The Bertz CT molecular complexity index is 1020. The van der Waals surface area contributed by atoms with E-state index in [9.17, 15) is 9.59 Å². The molecule has 0 bridgehead atoms. The molecular weight excluding hydrogens is 350 g/mol. The van der Waals surface area contributed by atoms with E-state index in [0.29, 0.717) is 10.6 Å². The Morgan fingerprint density at radius 2 is 2.08 bits per heavy atom. The number of aryl methyl sites for hydroxylation is 1. The molecule has 0 aliphatic heterocycles. The number of ether oxygens (including phenoxy) is 1. The fourth-order valence-electron chi connectivity index (χ4n) is 2.86. The smallest absolute Gasteiger partial charge is 0.341 e. The van der Waals surface area contributed by atoms with Crippen molar-refractivity contribution in [3.05, 3.63) is 53.2 Å². The van der Waals surface area contributed by atoms with Crippen molar-refractivity contribution in [2.75, 3.05) is 12.4 Å². The highest BCUT2D eigenvalue weighted by atomic mass is 32.1. The molecule has 0 fully saturated rings. The molecule has 1 N–H and O–H groups in total. The van der Waals surface area contributed by atoms with Crippen LogP contribution in [0.3, 0.4) is 0 Å². The first kappa shape index (κ1) is 17.9. The molecule has 0 aliphatic carbocycles. The zero-order chi connectivity index (χ0) is 18.8. The number of amides is 1. The minimum atomic E-state index is -0.446. The summed E-state index contributed by atoms with van der Waals surface area (Å²) in [6.45, 7) is 7.68. The number of nitrogens with one attached hydrogen (secondary N) is 1. The maximum atomic E-state index is 12.6. The van der Waals surface area contributed by atoms with E-state index in [4.69, 9.17) is 4.74 Å². The lowest BCUT2D eigenvalue weighted by molar-refractivity contribution is -0.658. The predicted molar refractivity (Wildman–Crippen MR) is 102 cm³/mol. The third kappa shape index (κ3) is 3.13. The Morgan fingerprint density at radius 1 is 1.35 bits per heavy atom. The van der Waals surface area contributed by atoms with Gasteiger partial charge in [-0.2, -0.15) is 0 Å². The summed E-state index contributed by atoms with van der Waals surface area (Å²) in [5.74, 6) is -0.661. The second-order valence-electron chi connectivity index (χ2n) is 5.85. The van der Waals surface area contributed by atoms with Gasteiger partial charge in [0, 0.05) is 4.88 Å². The number of thiophene rings is 1. The topological polar surface area (TPSA) is 64.2 Å². The van der Waals surface area contributed by atoms with E-state index >= 15 is 0 Å². The van der Waals surface area contributed by atoms with Crippen LogP contribution in [0.2, 0.25) is 0 Å². The molecule has 0 aliphatic rings. The summed E-state index contributed by atoms with van der Waals surface area (Å²) in [6, 6.07) is 7.77. The van der Waals surface area contributed by atoms with Crippen molar-refractivity contribution < 1.29 is 18.9 Å². The summed E-state index contributed by atoms with van der Waals surface area (Å²) in [5, 5.41) is 3.37. The number of rotatable bonds is 5. The highest BCUT2D eigenvalue weighted by molar-refractivity contribution is 7.16. The zero-order valence-corrected chi connectivity index (χ0v) is 15.7. The molecule has 3 rings (SSSR count). The van der Waals surface area contributed by atoms with Gasteiger partial charge in [0.2, 0.25) is 6.33 Å². The van der Waals surface area contributed by atoms with Crippen LogP contribution in [0.25, 0.3) is 17.2 Å². The van der Waals surface area contributed by atoms with E-state index < -0.39 is 5.97 Å². The first-order valence-corrected chi connectivity index (χ1v) is 8.87. The second kappa shape index (κ2) is 7.13. The number of nitrogens with zero attached hydrogens (tertiary/aromatic N) is 2. The SMILES string of the molecule is C=Cn1c[n+](CC(=O)Nc2sc(C)c(C)c2C(=O)OC)c2ccccc21. The van der Waals surface area contributed by atoms with E-state index in [2.05, 4.69) is 11.9 Å². The van der Waals surface area contributed by atoms with Crippen molar-refractivity contribution in [2.24, 2.45) is 0 Å². The van der Waals surface area contributed by atoms with Crippen LogP contribution in [0.1, 0.15) is 20.8 Å². The third-order valence-electron chi connectivity index (χ3n) is 4.27. The van der Waals surface area contributed by atoms with Crippen LogP contribution in [0.4, 0.5) is 5.00 Å². The molecule has 2 aromatic heterocycles. The number of methoxy groups -OCH3 is 1. The van der Waals surface area contributed by atoms with E-state index in [0.717, 1.165) is 21.5 Å². The summed E-state index contributed by atoms with van der Waals surface area (Å²) < 4.78 is 8.55. The molecule has 0 unspecified atom stereocenters. The summed E-state index contributed by atoms with van der Waals surface area (Å²) in [4.78, 5) is 25.6. The van der Waals surface area contributed by atoms with Crippen molar-refractivity contribution in [1.29, 1.82) is 0 Å². The number of hydrogen-bond acceptors (Lipinski definition) is 4. The van der Waals surface area contributed by atoms with Crippen LogP contribution in [0.15, 0.2) is 37.2 Å². The highest BCUT2D eigenvalue weighted by Crippen LogP contribution is 2.32. The zero-order valence-electron chi connectivity index (χ0n) is 14.9. The van der Waals surface area contributed by atoms with Gasteiger partial charge in [0.1, 0.15) is 5.00 Å². The lowest BCUT2D eigenvalue weighted by atomic mass is 10.1. The number of carbonyl (C=O) groups is 2. The number of carbonyl (C=O) groups excluding carboxylic acids is 2. The van der Waals surface area contributed by atoms with E-state index in [1.54, 1.807) is 6.20 Å². The van der Waals surface area contributed by atoms with Crippen molar-refractivity contribution in [3.63, 3.8) is 0 Å². The van der Waals surface area contributed by atoms with Crippen LogP contribution in [0, 0.1) is 13.8 Å². The summed E-state index contributed by atoms with van der Waals surface area (Å²) >= 11 is 1.37. The number of anilines is 1. The molecule has 0 atom stereocenters. The molecule has 1 amide bonds. The Kier molecular flexibility index (Phi) is 4.90. The number of imidazole rings is 1. The number of hydrogen-bond donors (Lipinski definition) is 1. The third-order valence-corrected chi connectivity index (χ3v) is 5.39. The summed E-state index contributed by atoms with van der Waals surface area (Å²) in [6.07, 6.45) is 3.52. The Balaban J connectivity index is 1.88. The van der Waals surface area contributed by atoms with Gasteiger partial charge in [-0.05, 0) is 31.5 Å². The van der Waals surface area contributed by atoms with Crippen molar-refractivity contribution in [2.45, 2.75) is 20.4 Å². The van der Waals surface area contributed by atoms with Gasteiger partial charge in [-0.15, -0.1) is 11.3 Å². The molecule has 7 heteroatoms. The van der Waals surface area contributed by atoms with Crippen LogP contribution in [-0.4, -0.2) is 23.6 Å². The molecule has 0 saturated carbocycles. The van der Waals surface area contributed by atoms with Crippen molar-refractivity contribution in [3.8, 4) is 0 Å². The first-order valence-electron chi connectivity index (χ1n) is 8.06. The minimum Gasteiger partial charge on any atom is -0.465 e. The number of esters is 1. The molecule has 2 heterocycles. The fraction of sp³-hybridized carbons (Fsp3) is 0.211. The van der Waals surface area contributed by atoms with Crippen molar-refractivity contribution >= 4 is 45.4 Å². The molecule has 6 nitrogen and oxygen atoms in total. The second-order valence-corrected chi connectivity index (χ2v) is 7.07. The predicted octanol–water partition coefficient (Wildman–Crippen LogP) is 3.13. The molecular formula is C19H20N3O3S+. The van der Waals surface area contributed by atoms with E-state index in [1.807, 2.05) is 53.6 Å². The molecule has 0 spiro atoms. The average molecular weight is 370 g/mol. The number of para-hydroxylation sites is 2. The lowest BCUT2D eigenvalue weighted by Gasteiger charge is -2.05. The Morgan fingerprint density at radius 3 is 2.77 bits per heavy atom. The van der Waals surface area contributed by atoms with E-state index in [1.165, 1.54) is 18.4 Å². The standard InChI is InChI=1S/C19H19N3O3S/c1-5-21-11-22(15-9-7-6-8-14(15)21)10-16(23)20-18-17(19(24)25-4)12(2)13(3)26-18/h5-9,11H,1,10H2,2-4H3/p+1. The Labute approximate surface area is 155 Å². The van der Waals surface area contributed by atoms with Crippen LogP contribution in [0.5, 0.6) is 0 Å². The first-order chi connectivity index (χ1) is 12.5. The maximum Gasteiger partial charge on any atom is 0.341 e. The average Bonchev–Trinajstić information content (AvgIpc) is 3.12. The lowest BCUT2D eigenvalue weighted by Crippen LogP contribution is -2.39. The minimum absolute atomic E-state index is 0.123. The monoisotopic (exact) mass is 370 g/mol. The van der Waals surface area contributed by atoms with Crippen LogP contribution in [-0.2, 0) is 16.1 Å². The van der Waals surface area contributed by atoms with Crippen LogP contribution < -0.4 is 9.88 Å². The van der Waals surface area contributed by atoms with Gasteiger partial charge in [0.05, 0.1) is 18.9 Å².